The van der Waals surface area contributed by atoms with Gasteiger partial charge in [0.1, 0.15) is 0 Å². The molecule has 27 heavy (non-hydrogen) atoms. The number of sulfonamides is 1. The number of rotatable bonds is 6. The molecule has 1 N–H and O–H groups in total. The molecule has 2 aliphatic rings. The number of nitrogens with zero attached hydrogens (tertiary/aromatic N) is 2. The molecule has 1 aliphatic heterocycles. The molecule has 7 heteroatoms. The molecular weight excluding hydrogens is 362 g/mol. The van der Waals surface area contributed by atoms with E-state index < -0.39 is 10.0 Å². The second-order valence-electron chi connectivity index (χ2n) is 7.54. The molecule has 1 saturated carbocycles. The maximum Gasteiger partial charge on any atom is 0.243 e. The second-order valence-corrected chi connectivity index (χ2v) is 9.48. The van der Waals surface area contributed by atoms with Gasteiger partial charge in [0.15, 0.2) is 0 Å². The Morgan fingerprint density at radius 3 is 2.26 bits per heavy atom. The first-order valence-electron chi connectivity index (χ1n) is 10.0. The van der Waals surface area contributed by atoms with Crippen molar-refractivity contribution in [3.8, 4) is 0 Å². The highest BCUT2D eigenvalue weighted by molar-refractivity contribution is 7.89. The Balaban J connectivity index is 1.60. The van der Waals surface area contributed by atoms with Gasteiger partial charge in [-0.25, -0.2) is 8.42 Å². The van der Waals surface area contributed by atoms with Crippen LogP contribution in [-0.4, -0.2) is 63.3 Å². The minimum atomic E-state index is -3.49. The number of piperazine rings is 1. The van der Waals surface area contributed by atoms with E-state index in [0.29, 0.717) is 50.0 Å². The average molecular weight is 394 g/mol. The van der Waals surface area contributed by atoms with Crippen LogP contribution in [0.25, 0.3) is 0 Å². The maximum absolute atomic E-state index is 12.9. The van der Waals surface area contributed by atoms with Crippen LogP contribution in [0.4, 0.5) is 0 Å². The number of hydrogen-bond donors (Lipinski definition) is 1. The van der Waals surface area contributed by atoms with Crippen LogP contribution in [0.5, 0.6) is 0 Å². The van der Waals surface area contributed by atoms with E-state index in [9.17, 15) is 13.2 Å². The first-order chi connectivity index (χ1) is 13.0. The third kappa shape index (κ3) is 4.89. The fraction of sp³-hybridized carbons (Fsp3) is 0.650. The minimum absolute atomic E-state index is 0.0817. The molecule has 150 valence electrons. The van der Waals surface area contributed by atoms with E-state index in [1.54, 1.807) is 17.0 Å². The molecule has 0 radical (unpaired) electrons. The van der Waals surface area contributed by atoms with E-state index in [0.717, 1.165) is 0 Å². The van der Waals surface area contributed by atoms with Crippen LogP contribution in [0.15, 0.2) is 29.2 Å². The molecule has 1 heterocycles. The normalized spacial score (nSPS) is 20.0. The van der Waals surface area contributed by atoms with E-state index in [1.165, 1.54) is 42.0 Å². The highest BCUT2D eigenvalue weighted by atomic mass is 32.2. The van der Waals surface area contributed by atoms with Crippen molar-refractivity contribution in [1.29, 1.82) is 0 Å². The number of carbonyl (C=O) groups excluding carboxylic acids is 1. The molecule has 1 amide bonds. The van der Waals surface area contributed by atoms with Gasteiger partial charge in [0, 0.05) is 39.1 Å². The third-order valence-corrected chi connectivity index (χ3v) is 7.69. The van der Waals surface area contributed by atoms with Crippen molar-refractivity contribution in [2.75, 3.05) is 39.8 Å². The Hall–Kier alpha value is -1.44. The topological polar surface area (TPSA) is 69.7 Å². The predicted molar refractivity (Wildman–Crippen MR) is 106 cm³/mol. The fourth-order valence-corrected chi connectivity index (χ4v) is 5.49. The van der Waals surface area contributed by atoms with Crippen molar-refractivity contribution in [3.63, 3.8) is 0 Å². The van der Waals surface area contributed by atoms with Crippen LogP contribution in [0.3, 0.4) is 0 Å². The summed E-state index contributed by atoms with van der Waals surface area (Å²) in [5, 5.41) is 2.97. The van der Waals surface area contributed by atoms with E-state index in [-0.39, 0.29) is 5.91 Å². The second kappa shape index (κ2) is 9.17. The van der Waals surface area contributed by atoms with Crippen molar-refractivity contribution in [2.24, 2.45) is 0 Å². The van der Waals surface area contributed by atoms with E-state index in [2.05, 4.69) is 5.32 Å². The quantitative estimate of drug-likeness (QED) is 0.804. The fourth-order valence-electron chi connectivity index (χ4n) is 4.06. The van der Waals surface area contributed by atoms with Crippen LogP contribution < -0.4 is 5.32 Å². The predicted octanol–water partition coefficient (Wildman–Crippen LogP) is 2.18. The molecule has 0 atom stereocenters. The van der Waals surface area contributed by atoms with Gasteiger partial charge >= 0.3 is 0 Å². The molecule has 1 aliphatic carbocycles. The number of amides is 1. The summed E-state index contributed by atoms with van der Waals surface area (Å²) < 4.78 is 27.4. The Morgan fingerprint density at radius 2 is 1.67 bits per heavy atom. The van der Waals surface area contributed by atoms with Crippen LogP contribution in [-0.2, 0) is 14.8 Å². The van der Waals surface area contributed by atoms with Gasteiger partial charge in [-0.2, -0.15) is 4.31 Å². The van der Waals surface area contributed by atoms with Gasteiger partial charge in [-0.1, -0.05) is 31.4 Å². The summed E-state index contributed by atoms with van der Waals surface area (Å²) in [5.41, 5.74) is 1.26. The molecule has 1 saturated heterocycles. The van der Waals surface area contributed by atoms with Crippen molar-refractivity contribution in [3.05, 3.63) is 29.8 Å². The van der Waals surface area contributed by atoms with Crippen molar-refractivity contribution in [1.82, 2.24) is 14.5 Å². The Bertz CT molecular complexity index is 719. The molecule has 6 nitrogen and oxygen atoms in total. The van der Waals surface area contributed by atoms with Crippen LogP contribution in [0.1, 0.15) is 50.0 Å². The van der Waals surface area contributed by atoms with E-state index in [4.69, 9.17) is 0 Å². The first kappa shape index (κ1) is 20.3. The summed E-state index contributed by atoms with van der Waals surface area (Å²) >= 11 is 0. The Labute approximate surface area is 163 Å². The summed E-state index contributed by atoms with van der Waals surface area (Å²) in [4.78, 5) is 14.2. The lowest BCUT2D eigenvalue weighted by molar-refractivity contribution is -0.132. The van der Waals surface area contributed by atoms with Gasteiger partial charge in [0.05, 0.1) is 4.90 Å². The number of benzene rings is 1. The van der Waals surface area contributed by atoms with Gasteiger partial charge in [-0.3, -0.25) is 4.79 Å². The lowest BCUT2D eigenvalue weighted by Gasteiger charge is -2.34. The zero-order valence-electron chi connectivity index (χ0n) is 16.2. The van der Waals surface area contributed by atoms with Gasteiger partial charge in [0.2, 0.25) is 15.9 Å². The SMILES string of the molecule is CNCCC(=O)N1CCN(S(=O)(=O)c2ccc(C3CCCCC3)cc2)CC1. The lowest BCUT2D eigenvalue weighted by Crippen LogP contribution is -2.50. The number of carbonyl (C=O) groups is 1. The molecule has 0 spiro atoms. The molecule has 0 unspecified atom stereocenters. The summed E-state index contributed by atoms with van der Waals surface area (Å²) in [5.74, 6) is 0.654. The van der Waals surface area contributed by atoms with E-state index in [1.807, 2.05) is 19.2 Å². The minimum Gasteiger partial charge on any atom is -0.340 e. The van der Waals surface area contributed by atoms with Crippen LogP contribution >= 0.6 is 0 Å². The smallest absolute Gasteiger partial charge is 0.243 e. The van der Waals surface area contributed by atoms with Crippen molar-refractivity contribution >= 4 is 15.9 Å². The Morgan fingerprint density at radius 1 is 1.04 bits per heavy atom. The van der Waals surface area contributed by atoms with Crippen molar-refractivity contribution in [2.45, 2.75) is 49.3 Å². The molecule has 0 aromatic heterocycles. The molecule has 2 fully saturated rings. The summed E-state index contributed by atoms with van der Waals surface area (Å²) in [6.07, 6.45) is 6.70. The molecule has 1 aromatic rings. The standard InChI is InChI=1S/C20H31N3O3S/c1-21-12-11-20(24)22-13-15-23(16-14-22)27(25,26)19-9-7-18(8-10-19)17-5-3-2-4-6-17/h7-10,17,21H,2-6,11-16H2,1H3. The largest absolute Gasteiger partial charge is 0.340 e. The maximum atomic E-state index is 12.9. The first-order valence-corrected chi connectivity index (χ1v) is 11.5. The van der Waals surface area contributed by atoms with Gasteiger partial charge in [-0.05, 0) is 43.5 Å². The van der Waals surface area contributed by atoms with Crippen LogP contribution in [0.2, 0.25) is 0 Å². The molecule has 0 bridgehead atoms. The lowest BCUT2D eigenvalue weighted by atomic mass is 9.84. The third-order valence-electron chi connectivity index (χ3n) is 5.77. The summed E-state index contributed by atoms with van der Waals surface area (Å²) in [7, 11) is -1.68. The molecule has 3 rings (SSSR count). The number of nitrogens with one attached hydrogen (secondary N) is 1. The summed E-state index contributed by atoms with van der Waals surface area (Å²) in [6.45, 7) is 2.28. The van der Waals surface area contributed by atoms with Gasteiger partial charge in [-0.15, -0.1) is 0 Å². The van der Waals surface area contributed by atoms with Crippen molar-refractivity contribution < 1.29 is 13.2 Å². The zero-order valence-corrected chi connectivity index (χ0v) is 17.0. The van der Waals surface area contributed by atoms with Gasteiger partial charge in [0.25, 0.3) is 0 Å². The highest BCUT2D eigenvalue weighted by Crippen LogP contribution is 2.33. The average Bonchev–Trinajstić information content (AvgIpc) is 2.73. The monoisotopic (exact) mass is 393 g/mol. The molecule has 1 aromatic carbocycles. The summed E-state index contributed by atoms with van der Waals surface area (Å²) in [6, 6.07) is 7.48. The highest BCUT2D eigenvalue weighted by Gasteiger charge is 2.30. The molecular formula is C20H31N3O3S. The number of hydrogen-bond acceptors (Lipinski definition) is 4. The van der Waals surface area contributed by atoms with Gasteiger partial charge < -0.3 is 10.2 Å². The zero-order chi connectivity index (χ0) is 19.3. The van der Waals surface area contributed by atoms with E-state index >= 15 is 0 Å². The Kier molecular flexibility index (Phi) is 6.89. The van der Waals surface area contributed by atoms with Crippen LogP contribution in [0, 0.1) is 0 Å².